The van der Waals surface area contributed by atoms with Crippen LogP contribution in [0.4, 0.5) is 5.69 Å². The van der Waals surface area contributed by atoms with Gasteiger partial charge >= 0.3 is 0 Å². The van der Waals surface area contributed by atoms with Crippen molar-refractivity contribution in [3.63, 3.8) is 0 Å². The summed E-state index contributed by atoms with van der Waals surface area (Å²) in [5.41, 5.74) is 1.27. The van der Waals surface area contributed by atoms with Gasteiger partial charge in [0.05, 0.1) is 17.4 Å². The van der Waals surface area contributed by atoms with Gasteiger partial charge < -0.3 is 10.4 Å². The van der Waals surface area contributed by atoms with Crippen molar-refractivity contribution in [3.8, 4) is 11.8 Å². The number of aliphatic hydroxyl groups excluding tert-OH is 1. The number of nitrogens with zero attached hydrogens (tertiary/aromatic N) is 2. The van der Waals surface area contributed by atoms with Crippen LogP contribution in [0.3, 0.4) is 0 Å². The molecule has 94 valence electrons. The second-order valence-corrected chi connectivity index (χ2v) is 3.56. The Balaban J connectivity index is 2.24. The molecule has 19 heavy (non-hydrogen) atoms. The Hall–Kier alpha value is -2.71. The van der Waals surface area contributed by atoms with Crippen LogP contribution in [0.5, 0.6) is 0 Å². The van der Waals surface area contributed by atoms with E-state index < -0.39 is 0 Å². The van der Waals surface area contributed by atoms with Crippen LogP contribution in [-0.2, 0) is 0 Å². The first-order valence-electron chi connectivity index (χ1n) is 5.57. The van der Waals surface area contributed by atoms with Crippen molar-refractivity contribution in [2.45, 2.75) is 0 Å². The van der Waals surface area contributed by atoms with E-state index in [4.69, 9.17) is 5.11 Å². The van der Waals surface area contributed by atoms with E-state index in [0.717, 1.165) is 0 Å². The van der Waals surface area contributed by atoms with Gasteiger partial charge in [-0.25, -0.2) is 4.98 Å². The van der Waals surface area contributed by atoms with Gasteiger partial charge in [0.15, 0.2) is 0 Å². The van der Waals surface area contributed by atoms with Crippen molar-refractivity contribution in [3.05, 3.63) is 54.1 Å². The van der Waals surface area contributed by atoms with Gasteiger partial charge in [0.1, 0.15) is 12.3 Å². The topological polar surface area (TPSA) is 75.1 Å². The number of hydrogen-bond donors (Lipinski definition) is 2. The first-order valence-corrected chi connectivity index (χ1v) is 5.57. The third kappa shape index (κ3) is 3.37. The molecule has 0 aliphatic rings. The number of pyridine rings is 2. The molecule has 0 fully saturated rings. The molecule has 0 bridgehead atoms. The van der Waals surface area contributed by atoms with Gasteiger partial charge in [-0.2, -0.15) is 0 Å². The van der Waals surface area contributed by atoms with Gasteiger partial charge in [0.25, 0.3) is 5.91 Å². The molecule has 2 aromatic rings. The summed E-state index contributed by atoms with van der Waals surface area (Å²) in [5, 5.41) is 11.4. The molecular formula is C14H11N3O2. The molecule has 0 atom stereocenters. The second-order valence-electron chi connectivity index (χ2n) is 3.56. The molecule has 0 radical (unpaired) electrons. The second kappa shape index (κ2) is 6.28. The summed E-state index contributed by atoms with van der Waals surface area (Å²) in [6.45, 7) is -0.265. The smallest absolute Gasteiger partial charge is 0.275 e. The van der Waals surface area contributed by atoms with Crippen LogP contribution in [0.2, 0.25) is 0 Å². The third-order valence-corrected chi connectivity index (χ3v) is 2.24. The summed E-state index contributed by atoms with van der Waals surface area (Å²) >= 11 is 0. The maximum Gasteiger partial charge on any atom is 0.275 e. The minimum absolute atomic E-state index is 0.215. The van der Waals surface area contributed by atoms with Gasteiger partial charge in [0.2, 0.25) is 0 Å². The van der Waals surface area contributed by atoms with E-state index in [9.17, 15) is 4.79 Å². The van der Waals surface area contributed by atoms with E-state index in [1.807, 2.05) is 0 Å². The molecule has 2 aromatic heterocycles. The number of carbonyl (C=O) groups is 1. The van der Waals surface area contributed by atoms with Crippen LogP contribution < -0.4 is 5.32 Å². The average molecular weight is 253 g/mol. The minimum atomic E-state index is -0.365. The number of hydrogen-bond acceptors (Lipinski definition) is 4. The summed E-state index contributed by atoms with van der Waals surface area (Å²) in [5.74, 6) is 4.82. The van der Waals surface area contributed by atoms with Crippen molar-refractivity contribution < 1.29 is 9.90 Å². The maximum atomic E-state index is 12.1. The third-order valence-electron chi connectivity index (χ3n) is 2.24. The van der Waals surface area contributed by atoms with Crippen LogP contribution in [-0.4, -0.2) is 27.6 Å². The van der Waals surface area contributed by atoms with Crippen molar-refractivity contribution in [1.29, 1.82) is 0 Å². The zero-order valence-corrected chi connectivity index (χ0v) is 10.00. The number of nitrogens with one attached hydrogen (secondary N) is 1. The highest BCUT2D eigenvalue weighted by atomic mass is 16.2. The van der Waals surface area contributed by atoms with E-state index in [0.29, 0.717) is 11.3 Å². The van der Waals surface area contributed by atoms with Crippen LogP contribution in [0.25, 0.3) is 0 Å². The Morgan fingerprint density at radius 1 is 1.32 bits per heavy atom. The first kappa shape index (κ1) is 12.7. The largest absolute Gasteiger partial charge is 0.384 e. The van der Waals surface area contributed by atoms with Crippen molar-refractivity contribution >= 4 is 11.6 Å². The standard InChI is InChI=1S/C14H11N3O2/c18-9-3-5-11-4-1-8-16-13(11)14(19)17-12-6-2-7-15-10-12/h1-2,4,6-8,10,18H,9H2,(H,17,19). The fraction of sp³-hybridized carbons (Fsp3) is 0.0714. The van der Waals surface area contributed by atoms with Gasteiger partial charge in [-0.1, -0.05) is 11.8 Å². The fourth-order valence-corrected chi connectivity index (χ4v) is 1.45. The Kier molecular flexibility index (Phi) is 4.21. The molecule has 2 heterocycles. The highest BCUT2D eigenvalue weighted by molar-refractivity contribution is 6.04. The van der Waals surface area contributed by atoms with E-state index in [-0.39, 0.29) is 18.2 Å². The summed E-state index contributed by atoms with van der Waals surface area (Å²) in [6, 6.07) is 6.81. The van der Waals surface area contributed by atoms with Crippen molar-refractivity contribution in [2.75, 3.05) is 11.9 Å². The lowest BCUT2D eigenvalue weighted by Gasteiger charge is -2.05. The summed E-state index contributed by atoms with van der Waals surface area (Å²) in [4.78, 5) is 20.0. The van der Waals surface area contributed by atoms with Gasteiger partial charge in [0, 0.05) is 12.4 Å². The maximum absolute atomic E-state index is 12.1. The zero-order valence-electron chi connectivity index (χ0n) is 10.00. The number of amides is 1. The number of rotatable bonds is 2. The van der Waals surface area contributed by atoms with Crippen molar-refractivity contribution in [2.24, 2.45) is 0 Å². The lowest BCUT2D eigenvalue weighted by molar-refractivity contribution is 0.102. The van der Waals surface area contributed by atoms with Gasteiger partial charge in [-0.05, 0) is 24.3 Å². The average Bonchev–Trinajstić information content (AvgIpc) is 2.46. The summed E-state index contributed by atoms with van der Waals surface area (Å²) in [7, 11) is 0. The molecule has 5 nitrogen and oxygen atoms in total. The molecule has 0 unspecified atom stereocenters. The van der Waals surface area contributed by atoms with Crippen LogP contribution in [0.15, 0.2) is 42.9 Å². The Bertz CT molecular complexity index is 630. The lowest BCUT2D eigenvalue weighted by Crippen LogP contribution is -2.15. The first-order chi connectivity index (χ1) is 9.31. The molecule has 0 aliphatic carbocycles. The van der Waals surface area contributed by atoms with Gasteiger partial charge in [-0.3, -0.25) is 9.78 Å². The molecule has 0 aromatic carbocycles. The molecule has 1 amide bonds. The number of aromatic nitrogens is 2. The van der Waals surface area contributed by atoms with Crippen LogP contribution >= 0.6 is 0 Å². The van der Waals surface area contributed by atoms with E-state index in [2.05, 4.69) is 27.1 Å². The van der Waals surface area contributed by atoms with Crippen LogP contribution in [0.1, 0.15) is 16.1 Å². The molecule has 0 saturated carbocycles. The molecule has 0 saturated heterocycles. The monoisotopic (exact) mass is 253 g/mol. The normalized spacial score (nSPS) is 9.32. The molecule has 0 spiro atoms. The van der Waals surface area contributed by atoms with E-state index in [1.165, 1.54) is 6.20 Å². The molecule has 0 aliphatic heterocycles. The fourth-order valence-electron chi connectivity index (χ4n) is 1.45. The predicted octanol–water partition coefficient (Wildman–Crippen LogP) is 1.07. The number of aliphatic hydroxyl groups is 1. The van der Waals surface area contributed by atoms with Gasteiger partial charge in [-0.15, -0.1) is 0 Å². The molecule has 5 heteroatoms. The van der Waals surface area contributed by atoms with Crippen molar-refractivity contribution in [1.82, 2.24) is 9.97 Å². The highest BCUT2D eigenvalue weighted by Crippen LogP contribution is 2.08. The Morgan fingerprint density at radius 3 is 2.89 bits per heavy atom. The number of carbonyl (C=O) groups excluding carboxylic acids is 1. The molecular weight excluding hydrogens is 242 g/mol. The zero-order chi connectivity index (χ0) is 13.5. The van der Waals surface area contributed by atoms with E-state index >= 15 is 0 Å². The molecule has 2 N–H and O–H groups in total. The SMILES string of the molecule is O=C(Nc1cccnc1)c1ncccc1C#CCO. The summed E-state index contributed by atoms with van der Waals surface area (Å²) < 4.78 is 0. The summed E-state index contributed by atoms with van der Waals surface area (Å²) in [6.07, 6.45) is 4.68. The lowest BCUT2D eigenvalue weighted by atomic mass is 10.2. The highest BCUT2D eigenvalue weighted by Gasteiger charge is 2.11. The minimum Gasteiger partial charge on any atom is -0.384 e. The Morgan fingerprint density at radius 2 is 2.16 bits per heavy atom. The predicted molar refractivity (Wildman–Crippen MR) is 70.4 cm³/mol. The number of anilines is 1. The molecule has 2 rings (SSSR count). The Labute approximate surface area is 110 Å². The quantitative estimate of drug-likeness (QED) is 0.785. The van der Waals surface area contributed by atoms with Crippen LogP contribution in [0, 0.1) is 11.8 Å². The van der Waals surface area contributed by atoms with E-state index in [1.54, 1.807) is 36.7 Å².